The smallest absolute Gasteiger partial charge is 0.271 e. The SMILES string of the molecule is NC(=O)COc1cccc(C(=O)NN=C(c2ccccc2)c2ccccc2)c1. The summed E-state index contributed by atoms with van der Waals surface area (Å²) in [5.41, 5.74) is 10.4. The van der Waals surface area contributed by atoms with Crippen molar-refractivity contribution in [2.45, 2.75) is 0 Å². The second-order valence-electron chi connectivity index (χ2n) is 5.92. The number of hydrogen-bond acceptors (Lipinski definition) is 4. The number of carbonyl (C=O) groups is 2. The third kappa shape index (κ3) is 5.04. The number of amides is 2. The largest absolute Gasteiger partial charge is 0.484 e. The topological polar surface area (TPSA) is 93.8 Å². The van der Waals surface area contributed by atoms with Gasteiger partial charge in [-0.05, 0) is 18.2 Å². The third-order valence-electron chi connectivity index (χ3n) is 3.84. The summed E-state index contributed by atoms with van der Waals surface area (Å²) in [6, 6.07) is 25.6. The fourth-order valence-corrected chi connectivity index (χ4v) is 2.54. The van der Waals surface area contributed by atoms with Crippen LogP contribution < -0.4 is 15.9 Å². The number of carbonyl (C=O) groups excluding carboxylic acids is 2. The van der Waals surface area contributed by atoms with Crippen LogP contribution >= 0.6 is 0 Å². The summed E-state index contributed by atoms with van der Waals surface area (Å²) in [6.07, 6.45) is 0. The van der Waals surface area contributed by atoms with E-state index in [0.29, 0.717) is 17.0 Å². The first-order valence-corrected chi connectivity index (χ1v) is 8.63. The summed E-state index contributed by atoms with van der Waals surface area (Å²) >= 11 is 0. The van der Waals surface area contributed by atoms with Crippen LogP contribution in [0.5, 0.6) is 5.75 Å². The zero-order chi connectivity index (χ0) is 19.8. The van der Waals surface area contributed by atoms with Gasteiger partial charge in [0, 0.05) is 16.7 Å². The van der Waals surface area contributed by atoms with Gasteiger partial charge in [0.25, 0.3) is 11.8 Å². The lowest BCUT2D eigenvalue weighted by atomic mass is 10.0. The van der Waals surface area contributed by atoms with Crippen LogP contribution in [0.3, 0.4) is 0 Å². The lowest BCUT2D eigenvalue weighted by Gasteiger charge is -2.09. The molecule has 140 valence electrons. The molecular formula is C22H19N3O3. The van der Waals surface area contributed by atoms with Gasteiger partial charge in [0.15, 0.2) is 6.61 Å². The average Bonchev–Trinajstić information content (AvgIpc) is 2.74. The van der Waals surface area contributed by atoms with E-state index in [4.69, 9.17) is 10.5 Å². The van der Waals surface area contributed by atoms with Crippen LogP contribution in [0.2, 0.25) is 0 Å². The highest BCUT2D eigenvalue weighted by molar-refractivity contribution is 6.13. The molecule has 6 nitrogen and oxygen atoms in total. The van der Waals surface area contributed by atoms with Crippen LogP contribution in [0.25, 0.3) is 0 Å². The van der Waals surface area contributed by atoms with Gasteiger partial charge in [0.1, 0.15) is 5.75 Å². The molecule has 28 heavy (non-hydrogen) atoms. The highest BCUT2D eigenvalue weighted by Crippen LogP contribution is 2.14. The molecule has 3 aromatic carbocycles. The molecule has 0 saturated heterocycles. The van der Waals surface area contributed by atoms with Crippen LogP contribution in [0.4, 0.5) is 0 Å². The Morgan fingerprint density at radius 3 is 1.96 bits per heavy atom. The predicted molar refractivity (Wildman–Crippen MR) is 107 cm³/mol. The molecule has 6 heteroatoms. The van der Waals surface area contributed by atoms with Gasteiger partial charge in [-0.1, -0.05) is 66.7 Å². The van der Waals surface area contributed by atoms with Crippen LogP contribution in [0.1, 0.15) is 21.5 Å². The average molecular weight is 373 g/mol. The third-order valence-corrected chi connectivity index (χ3v) is 3.84. The van der Waals surface area contributed by atoms with E-state index in [1.807, 2.05) is 60.7 Å². The van der Waals surface area contributed by atoms with Crippen molar-refractivity contribution in [2.75, 3.05) is 6.61 Å². The first-order valence-electron chi connectivity index (χ1n) is 8.63. The Kier molecular flexibility index (Phi) is 6.15. The van der Waals surface area contributed by atoms with Gasteiger partial charge in [0.2, 0.25) is 0 Å². The molecule has 0 fully saturated rings. The molecule has 0 aromatic heterocycles. The molecular weight excluding hydrogens is 354 g/mol. The van der Waals surface area contributed by atoms with Crippen molar-refractivity contribution in [2.24, 2.45) is 10.8 Å². The summed E-state index contributed by atoms with van der Waals surface area (Å²) in [6.45, 7) is -0.255. The van der Waals surface area contributed by atoms with Crippen molar-refractivity contribution in [3.05, 3.63) is 102 Å². The molecule has 0 unspecified atom stereocenters. The molecule has 0 saturated carbocycles. The zero-order valence-corrected chi connectivity index (χ0v) is 15.0. The zero-order valence-electron chi connectivity index (χ0n) is 15.0. The van der Waals surface area contributed by atoms with Gasteiger partial charge in [0.05, 0.1) is 5.71 Å². The standard InChI is InChI=1S/C22H19N3O3/c23-20(26)15-28-19-13-7-12-18(14-19)22(27)25-24-21(16-8-3-1-4-9-16)17-10-5-2-6-11-17/h1-14H,15H2,(H2,23,26)(H,25,27). The minimum Gasteiger partial charge on any atom is -0.484 e. The molecule has 0 heterocycles. The van der Waals surface area contributed by atoms with Gasteiger partial charge in [-0.3, -0.25) is 9.59 Å². The minimum absolute atomic E-state index is 0.255. The maximum absolute atomic E-state index is 12.5. The Labute approximate surface area is 162 Å². The summed E-state index contributed by atoms with van der Waals surface area (Å²) in [5.74, 6) is -0.606. The second-order valence-corrected chi connectivity index (χ2v) is 5.92. The van der Waals surface area contributed by atoms with Crippen LogP contribution in [-0.4, -0.2) is 24.1 Å². The molecule has 0 aliphatic heterocycles. The summed E-state index contributed by atoms with van der Waals surface area (Å²) in [5, 5.41) is 4.35. The Balaban J connectivity index is 1.82. The molecule has 2 amide bonds. The minimum atomic E-state index is -0.588. The van der Waals surface area contributed by atoms with Crippen LogP contribution in [-0.2, 0) is 4.79 Å². The van der Waals surface area contributed by atoms with Crippen molar-refractivity contribution >= 4 is 17.5 Å². The van der Waals surface area contributed by atoms with Crippen LogP contribution in [0, 0.1) is 0 Å². The monoisotopic (exact) mass is 373 g/mol. The van der Waals surface area contributed by atoms with Gasteiger partial charge in [-0.15, -0.1) is 0 Å². The van der Waals surface area contributed by atoms with E-state index < -0.39 is 11.8 Å². The van der Waals surface area contributed by atoms with E-state index in [0.717, 1.165) is 11.1 Å². The van der Waals surface area contributed by atoms with Crippen molar-refractivity contribution in [1.29, 1.82) is 0 Å². The lowest BCUT2D eigenvalue weighted by Crippen LogP contribution is -2.21. The summed E-state index contributed by atoms with van der Waals surface area (Å²) in [7, 11) is 0. The number of benzene rings is 3. The van der Waals surface area contributed by atoms with Gasteiger partial charge in [-0.25, -0.2) is 5.43 Å². The Hall–Kier alpha value is -3.93. The molecule has 3 aromatic rings. The normalized spacial score (nSPS) is 10.0. The molecule has 0 bridgehead atoms. The van der Waals surface area contributed by atoms with Crippen molar-refractivity contribution in [1.82, 2.24) is 5.43 Å². The summed E-state index contributed by atoms with van der Waals surface area (Å²) < 4.78 is 5.23. The van der Waals surface area contributed by atoms with Crippen molar-refractivity contribution in [3.8, 4) is 5.75 Å². The maximum atomic E-state index is 12.5. The Bertz CT molecular complexity index is 945. The molecule has 0 spiro atoms. The fraction of sp³-hybridized carbons (Fsp3) is 0.0455. The van der Waals surface area contributed by atoms with E-state index in [1.54, 1.807) is 18.2 Å². The van der Waals surface area contributed by atoms with Crippen molar-refractivity contribution < 1.29 is 14.3 Å². The Morgan fingerprint density at radius 1 is 0.821 bits per heavy atom. The Morgan fingerprint density at radius 2 is 1.39 bits per heavy atom. The number of primary amides is 1. The lowest BCUT2D eigenvalue weighted by molar-refractivity contribution is -0.119. The summed E-state index contributed by atoms with van der Waals surface area (Å²) in [4.78, 5) is 23.4. The highest BCUT2D eigenvalue weighted by Gasteiger charge is 2.10. The number of ether oxygens (including phenoxy) is 1. The molecule has 3 rings (SSSR count). The first kappa shape index (κ1) is 18.8. The molecule has 0 atom stereocenters. The van der Waals surface area contributed by atoms with E-state index in [2.05, 4.69) is 10.5 Å². The van der Waals surface area contributed by atoms with Gasteiger partial charge in [-0.2, -0.15) is 5.10 Å². The molecule has 0 aliphatic rings. The van der Waals surface area contributed by atoms with E-state index >= 15 is 0 Å². The number of nitrogens with zero attached hydrogens (tertiary/aromatic N) is 1. The van der Waals surface area contributed by atoms with E-state index in [9.17, 15) is 9.59 Å². The van der Waals surface area contributed by atoms with E-state index in [-0.39, 0.29) is 6.61 Å². The van der Waals surface area contributed by atoms with Crippen molar-refractivity contribution in [3.63, 3.8) is 0 Å². The molecule has 3 N–H and O–H groups in total. The maximum Gasteiger partial charge on any atom is 0.271 e. The first-order chi connectivity index (χ1) is 13.6. The number of hydrazone groups is 1. The number of nitrogens with two attached hydrogens (primary N) is 1. The fourth-order valence-electron chi connectivity index (χ4n) is 2.54. The van der Waals surface area contributed by atoms with Gasteiger partial charge >= 0.3 is 0 Å². The highest BCUT2D eigenvalue weighted by atomic mass is 16.5. The van der Waals surface area contributed by atoms with Crippen LogP contribution in [0.15, 0.2) is 90.0 Å². The predicted octanol–water partition coefficient (Wildman–Crippen LogP) is 2.73. The quantitative estimate of drug-likeness (QED) is 0.492. The number of hydrogen-bond donors (Lipinski definition) is 2. The molecule has 0 aliphatic carbocycles. The second kappa shape index (κ2) is 9.14. The number of nitrogens with one attached hydrogen (secondary N) is 1. The number of rotatable bonds is 7. The van der Waals surface area contributed by atoms with E-state index in [1.165, 1.54) is 6.07 Å². The van der Waals surface area contributed by atoms with Gasteiger partial charge < -0.3 is 10.5 Å². The molecule has 0 radical (unpaired) electrons.